The maximum atomic E-state index is 13.9. The van der Waals surface area contributed by atoms with Crippen LogP contribution in [-0.4, -0.2) is 27.5 Å². The molecule has 0 bridgehead atoms. The summed E-state index contributed by atoms with van der Waals surface area (Å²) in [7, 11) is 0. The molecule has 1 aromatic heterocycles. The molecule has 3 nitrogen and oxygen atoms in total. The summed E-state index contributed by atoms with van der Waals surface area (Å²) >= 11 is 0. The standard InChI is InChI=1S/C18H20FN3/c19-15-4-2-1-3-14(15)18-20-16-5-6-22(10-17(16)21-18)13-8-11-7-12(11)9-13/h1-4,11-13H,5-10H2,(H,20,21)/t11-,12+,13?. The normalized spacial score (nSPS) is 30.1. The first kappa shape index (κ1) is 12.8. The number of hydrogen-bond donors (Lipinski definition) is 1. The molecule has 3 aliphatic rings. The summed E-state index contributed by atoms with van der Waals surface area (Å²) in [5, 5.41) is 0. The molecule has 1 aromatic carbocycles. The molecule has 1 unspecified atom stereocenters. The quantitative estimate of drug-likeness (QED) is 0.921. The van der Waals surface area contributed by atoms with Gasteiger partial charge in [-0.3, -0.25) is 4.90 Å². The molecule has 2 saturated carbocycles. The molecule has 1 N–H and O–H groups in total. The van der Waals surface area contributed by atoms with E-state index >= 15 is 0 Å². The van der Waals surface area contributed by atoms with Crippen LogP contribution in [0.3, 0.4) is 0 Å². The molecule has 2 fully saturated rings. The first-order valence-corrected chi connectivity index (χ1v) is 8.34. The molecule has 4 heteroatoms. The van der Waals surface area contributed by atoms with Crippen LogP contribution in [0.2, 0.25) is 0 Å². The van der Waals surface area contributed by atoms with Gasteiger partial charge in [-0.05, 0) is 43.2 Å². The Kier molecular flexibility index (Phi) is 2.71. The van der Waals surface area contributed by atoms with Gasteiger partial charge in [-0.1, -0.05) is 12.1 Å². The van der Waals surface area contributed by atoms with E-state index in [2.05, 4.69) is 14.9 Å². The number of fused-ring (bicyclic) bond motifs is 2. The molecule has 0 saturated heterocycles. The molecule has 0 spiro atoms. The van der Waals surface area contributed by atoms with Crippen molar-refractivity contribution in [1.82, 2.24) is 14.9 Å². The van der Waals surface area contributed by atoms with Crippen LogP contribution in [0.1, 0.15) is 30.7 Å². The van der Waals surface area contributed by atoms with Crippen molar-refractivity contribution < 1.29 is 4.39 Å². The van der Waals surface area contributed by atoms with Gasteiger partial charge in [0.05, 0.1) is 17.0 Å². The van der Waals surface area contributed by atoms with Gasteiger partial charge >= 0.3 is 0 Å². The molecule has 2 aliphatic carbocycles. The van der Waals surface area contributed by atoms with Crippen LogP contribution in [0, 0.1) is 17.7 Å². The minimum Gasteiger partial charge on any atom is -0.340 e. The highest BCUT2D eigenvalue weighted by atomic mass is 19.1. The second-order valence-corrected chi connectivity index (χ2v) is 7.09. The summed E-state index contributed by atoms with van der Waals surface area (Å²) in [4.78, 5) is 10.6. The molecular formula is C18H20FN3. The van der Waals surface area contributed by atoms with Crippen molar-refractivity contribution in [3.8, 4) is 11.4 Å². The number of nitrogens with one attached hydrogen (secondary N) is 1. The van der Waals surface area contributed by atoms with Gasteiger partial charge in [0.1, 0.15) is 11.6 Å². The number of nitrogens with zero attached hydrogens (tertiary/aromatic N) is 2. The molecular weight excluding hydrogens is 277 g/mol. The number of rotatable bonds is 2. The Morgan fingerprint density at radius 2 is 1.95 bits per heavy atom. The number of halogens is 1. The maximum absolute atomic E-state index is 13.9. The first-order valence-electron chi connectivity index (χ1n) is 8.34. The lowest BCUT2D eigenvalue weighted by Gasteiger charge is -2.32. The van der Waals surface area contributed by atoms with E-state index in [4.69, 9.17) is 0 Å². The molecule has 114 valence electrons. The van der Waals surface area contributed by atoms with Crippen molar-refractivity contribution in [2.24, 2.45) is 11.8 Å². The summed E-state index contributed by atoms with van der Waals surface area (Å²) in [6.07, 6.45) is 5.21. The Balaban J connectivity index is 1.40. The van der Waals surface area contributed by atoms with Crippen molar-refractivity contribution in [1.29, 1.82) is 0 Å². The molecule has 0 amide bonds. The summed E-state index contributed by atoms with van der Waals surface area (Å²) in [6, 6.07) is 7.62. The highest BCUT2D eigenvalue weighted by molar-refractivity contribution is 5.56. The lowest BCUT2D eigenvalue weighted by Crippen LogP contribution is -2.38. The number of benzene rings is 1. The molecule has 22 heavy (non-hydrogen) atoms. The predicted molar refractivity (Wildman–Crippen MR) is 82.7 cm³/mol. The average Bonchev–Trinajstić information content (AvgIpc) is 2.97. The van der Waals surface area contributed by atoms with Crippen LogP contribution in [0.25, 0.3) is 11.4 Å². The summed E-state index contributed by atoms with van der Waals surface area (Å²) < 4.78 is 13.9. The van der Waals surface area contributed by atoms with Gasteiger partial charge in [0.15, 0.2) is 0 Å². The maximum Gasteiger partial charge on any atom is 0.140 e. The highest BCUT2D eigenvalue weighted by Gasteiger charge is 2.47. The van der Waals surface area contributed by atoms with Crippen LogP contribution < -0.4 is 0 Å². The largest absolute Gasteiger partial charge is 0.340 e. The van der Waals surface area contributed by atoms with Crippen LogP contribution >= 0.6 is 0 Å². The zero-order valence-electron chi connectivity index (χ0n) is 12.6. The first-order chi connectivity index (χ1) is 10.8. The van der Waals surface area contributed by atoms with E-state index in [9.17, 15) is 4.39 Å². The zero-order chi connectivity index (χ0) is 14.7. The van der Waals surface area contributed by atoms with Crippen molar-refractivity contribution in [3.05, 3.63) is 41.5 Å². The van der Waals surface area contributed by atoms with Gasteiger partial charge in [0.2, 0.25) is 0 Å². The smallest absolute Gasteiger partial charge is 0.140 e. The zero-order valence-corrected chi connectivity index (χ0v) is 12.6. The summed E-state index contributed by atoms with van der Waals surface area (Å²) in [5.41, 5.74) is 2.88. The van der Waals surface area contributed by atoms with Crippen LogP contribution in [-0.2, 0) is 13.0 Å². The van der Waals surface area contributed by atoms with Gasteiger partial charge in [0.25, 0.3) is 0 Å². The second kappa shape index (κ2) is 4.66. The van der Waals surface area contributed by atoms with Crippen molar-refractivity contribution >= 4 is 0 Å². The van der Waals surface area contributed by atoms with E-state index in [1.165, 1.54) is 31.0 Å². The Bertz CT molecular complexity index is 713. The highest BCUT2D eigenvalue weighted by Crippen LogP contribution is 2.53. The number of H-pyrrole nitrogens is 1. The van der Waals surface area contributed by atoms with Crippen LogP contribution in [0.5, 0.6) is 0 Å². The third-order valence-corrected chi connectivity index (χ3v) is 5.73. The number of imidazole rings is 1. The van der Waals surface area contributed by atoms with E-state index in [1.807, 2.05) is 6.07 Å². The minimum atomic E-state index is -0.207. The van der Waals surface area contributed by atoms with E-state index in [0.29, 0.717) is 11.4 Å². The average molecular weight is 297 g/mol. The fourth-order valence-corrected chi connectivity index (χ4v) is 4.39. The molecule has 2 heterocycles. The van der Waals surface area contributed by atoms with Gasteiger partial charge in [-0.15, -0.1) is 0 Å². The van der Waals surface area contributed by atoms with E-state index in [-0.39, 0.29) is 5.82 Å². The Morgan fingerprint density at radius 1 is 1.14 bits per heavy atom. The molecule has 2 aromatic rings. The van der Waals surface area contributed by atoms with E-state index < -0.39 is 0 Å². The fraction of sp³-hybridized carbons (Fsp3) is 0.500. The molecule has 1 aliphatic heterocycles. The third-order valence-electron chi connectivity index (χ3n) is 5.73. The van der Waals surface area contributed by atoms with Crippen LogP contribution in [0.4, 0.5) is 4.39 Å². The predicted octanol–water partition coefficient (Wildman–Crippen LogP) is 3.37. The Morgan fingerprint density at radius 3 is 2.77 bits per heavy atom. The van der Waals surface area contributed by atoms with Gasteiger partial charge in [-0.25, -0.2) is 9.37 Å². The Labute approximate surface area is 129 Å². The van der Waals surface area contributed by atoms with Crippen molar-refractivity contribution in [2.45, 2.75) is 38.3 Å². The fourth-order valence-electron chi connectivity index (χ4n) is 4.39. The lowest BCUT2D eigenvalue weighted by atomic mass is 10.1. The molecule has 5 rings (SSSR count). The minimum absolute atomic E-state index is 0.207. The number of aromatic amines is 1. The summed E-state index contributed by atoms with van der Waals surface area (Å²) in [5.74, 6) is 2.50. The summed E-state index contributed by atoms with van der Waals surface area (Å²) in [6.45, 7) is 2.04. The lowest BCUT2D eigenvalue weighted by molar-refractivity contribution is 0.167. The Hall–Kier alpha value is -1.68. The van der Waals surface area contributed by atoms with Crippen molar-refractivity contribution in [2.75, 3.05) is 6.54 Å². The van der Waals surface area contributed by atoms with E-state index in [0.717, 1.165) is 43.1 Å². The molecule has 3 atom stereocenters. The van der Waals surface area contributed by atoms with Gasteiger partial charge < -0.3 is 4.98 Å². The van der Waals surface area contributed by atoms with Crippen molar-refractivity contribution in [3.63, 3.8) is 0 Å². The topological polar surface area (TPSA) is 31.9 Å². The number of hydrogen-bond acceptors (Lipinski definition) is 2. The monoisotopic (exact) mass is 297 g/mol. The van der Waals surface area contributed by atoms with E-state index in [1.54, 1.807) is 12.1 Å². The van der Waals surface area contributed by atoms with Gasteiger partial charge in [-0.2, -0.15) is 0 Å². The molecule has 0 radical (unpaired) electrons. The van der Waals surface area contributed by atoms with Gasteiger partial charge in [0, 0.05) is 25.6 Å². The third kappa shape index (κ3) is 2.01. The number of aromatic nitrogens is 2. The second-order valence-electron chi connectivity index (χ2n) is 7.09. The SMILES string of the molecule is Fc1ccccc1-c1nc2c([nH]1)CN(C1C[C@@H]3C[C@@H]3C1)CC2. The van der Waals surface area contributed by atoms with Crippen LogP contribution in [0.15, 0.2) is 24.3 Å².